The number of hydrogen-bond acceptors (Lipinski definition) is 3. The highest BCUT2D eigenvalue weighted by molar-refractivity contribution is 5.91. The molecule has 0 saturated heterocycles. The molecule has 0 fully saturated rings. The number of aromatic amines is 1. The molecule has 0 unspecified atom stereocenters. The first-order valence-electron chi connectivity index (χ1n) is 10.7. The summed E-state index contributed by atoms with van der Waals surface area (Å²) >= 11 is 0. The van der Waals surface area contributed by atoms with Crippen LogP contribution in [0.3, 0.4) is 0 Å². The Morgan fingerprint density at radius 3 is 2.44 bits per heavy atom. The molecule has 0 aliphatic heterocycles. The molecular formula is C27H28N4O. The molecule has 0 aliphatic carbocycles. The van der Waals surface area contributed by atoms with Crippen LogP contribution in [0.4, 0.5) is 0 Å². The number of benzene rings is 2. The fourth-order valence-corrected chi connectivity index (χ4v) is 3.99. The van der Waals surface area contributed by atoms with Crippen LogP contribution in [0.15, 0.2) is 48.5 Å². The lowest BCUT2D eigenvalue weighted by atomic mass is 9.87. The fraction of sp³-hybridized carbons (Fsp3) is 0.259. The highest BCUT2D eigenvalue weighted by atomic mass is 16.5. The number of imidazole rings is 1. The summed E-state index contributed by atoms with van der Waals surface area (Å²) in [7, 11) is 1.63. The average molecular weight is 425 g/mol. The minimum atomic E-state index is 0.117. The highest BCUT2D eigenvalue weighted by Crippen LogP contribution is 2.28. The molecule has 5 heteroatoms. The smallest absolute Gasteiger partial charge is 0.149 e. The fourth-order valence-electron chi connectivity index (χ4n) is 3.99. The molecule has 2 aromatic carbocycles. The summed E-state index contributed by atoms with van der Waals surface area (Å²) < 4.78 is 7.50. The number of nitriles is 1. The number of aromatic nitrogens is 3. The summed E-state index contributed by atoms with van der Waals surface area (Å²) in [4.78, 5) is 7.84. The molecule has 0 atom stereocenters. The first kappa shape index (κ1) is 21.5. The number of ether oxygens (including phenoxy) is 1. The first-order valence-corrected chi connectivity index (χ1v) is 10.7. The van der Waals surface area contributed by atoms with Crippen LogP contribution in [-0.2, 0) is 5.41 Å². The Kier molecular flexibility index (Phi) is 5.40. The van der Waals surface area contributed by atoms with Gasteiger partial charge >= 0.3 is 0 Å². The lowest BCUT2D eigenvalue weighted by Crippen LogP contribution is -2.11. The van der Waals surface area contributed by atoms with Gasteiger partial charge in [0.2, 0.25) is 0 Å². The number of aryl methyl sites for hydroxylation is 1. The zero-order valence-electron chi connectivity index (χ0n) is 19.4. The second kappa shape index (κ2) is 8.05. The second-order valence-corrected chi connectivity index (χ2v) is 9.10. The van der Waals surface area contributed by atoms with Crippen molar-refractivity contribution in [3.63, 3.8) is 0 Å². The molecule has 0 radical (unpaired) electrons. The molecule has 0 saturated carbocycles. The molecule has 4 aromatic rings. The van der Waals surface area contributed by atoms with Gasteiger partial charge in [0, 0.05) is 23.1 Å². The Morgan fingerprint density at radius 2 is 1.81 bits per heavy atom. The lowest BCUT2D eigenvalue weighted by molar-refractivity contribution is 0.415. The summed E-state index contributed by atoms with van der Waals surface area (Å²) in [6.45, 7) is 10.8. The quantitative estimate of drug-likeness (QED) is 0.389. The highest BCUT2D eigenvalue weighted by Gasteiger charge is 2.16. The Morgan fingerprint density at radius 1 is 1.09 bits per heavy atom. The molecule has 4 rings (SSSR count). The van der Waals surface area contributed by atoms with Crippen LogP contribution in [0.2, 0.25) is 0 Å². The third-order valence-electron chi connectivity index (χ3n) is 5.83. The molecule has 162 valence electrons. The number of hydrogen-bond donors (Lipinski definition) is 1. The lowest BCUT2D eigenvalue weighted by Gasteiger charge is -2.20. The van der Waals surface area contributed by atoms with Gasteiger partial charge in [-0.3, -0.25) is 0 Å². The number of methoxy groups -OCH3 is 1. The number of fused-ring (bicyclic) bond motifs is 1. The summed E-state index contributed by atoms with van der Waals surface area (Å²) in [6.07, 6.45) is 1.90. The predicted octanol–water partition coefficient (Wildman–Crippen LogP) is 6.34. The molecule has 0 amide bonds. The molecule has 1 N–H and O–H groups in total. The van der Waals surface area contributed by atoms with Gasteiger partial charge in [0.15, 0.2) is 0 Å². The number of nitrogens with zero attached hydrogens (tertiary/aromatic N) is 3. The molecule has 0 aliphatic rings. The van der Waals surface area contributed by atoms with Crippen LogP contribution in [0.5, 0.6) is 5.75 Å². The van der Waals surface area contributed by atoms with Gasteiger partial charge in [0.25, 0.3) is 0 Å². The van der Waals surface area contributed by atoms with Crippen molar-refractivity contribution in [3.8, 4) is 17.5 Å². The Bertz CT molecular complexity index is 1360. The molecule has 32 heavy (non-hydrogen) atoms. The van der Waals surface area contributed by atoms with Crippen molar-refractivity contribution >= 4 is 22.7 Å². The van der Waals surface area contributed by atoms with E-state index in [0.717, 1.165) is 39.4 Å². The van der Waals surface area contributed by atoms with E-state index < -0.39 is 0 Å². The van der Waals surface area contributed by atoms with Crippen LogP contribution in [0, 0.1) is 25.2 Å². The number of nitrogens with one attached hydrogen (secondary N) is 1. The van der Waals surface area contributed by atoms with Gasteiger partial charge in [0.1, 0.15) is 17.6 Å². The van der Waals surface area contributed by atoms with Crippen LogP contribution in [-0.4, -0.2) is 21.6 Å². The number of H-pyrrole nitrogens is 1. The van der Waals surface area contributed by atoms with E-state index in [2.05, 4.69) is 85.6 Å². The maximum Gasteiger partial charge on any atom is 0.149 e. The minimum absolute atomic E-state index is 0.117. The van der Waals surface area contributed by atoms with E-state index >= 15 is 0 Å². The van der Waals surface area contributed by atoms with E-state index in [1.54, 1.807) is 7.11 Å². The average Bonchev–Trinajstić information content (AvgIpc) is 3.30. The van der Waals surface area contributed by atoms with E-state index in [1.165, 1.54) is 5.56 Å². The Labute approximate surface area is 189 Å². The van der Waals surface area contributed by atoms with Crippen molar-refractivity contribution in [2.45, 2.75) is 40.0 Å². The van der Waals surface area contributed by atoms with E-state index in [9.17, 15) is 5.26 Å². The topological polar surface area (TPSA) is 66.6 Å². The summed E-state index contributed by atoms with van der Waals surface area (Å²) in [5.74, 6) is 1.30. The maximum absolute atomic E-state index is 9.85. The van der Waals surface area contributed by atoms with Gasteiger partial charge in [0.05, 0.1) is 23.7 Å². The normalized spacial score (nSPS) is 12.2. The van der Waals surface area contributed by atoms with E-state index in [0.29, 0.717) is 11.4 Å². The van der Waals surface area contributed by atoms with Crippen molar-refractivity contribution in [1.29, 1.82) is 5.26 Å². The van der Waals surface area contributed by atoms with Gasteiger partial charge in [-0.05, 0) is 66.8 Å². The predicted molar refractivity (Wildman–Crippen MR) is 130 cm³/mol. The summed E-state index contributed by atoms with van der Waals surface area (Å²) in [6, 6.07) is 18.7. The number of allylic oxidation sites excluding steroid dienone is 1. The Hall–Kier alpha value is -3.78. The largest absolute Gasteiger partial charge is 0.497 e. The van der Waals surface area contributed by atoms with E-state index in [4.69, 9.17) is 4.74 Å². The molecule has 5 nitrogen and oxygen atoms in total. The SMILES string of the molecule is COc1ccc2nc(/C(C#N)=C\c3cc(C)n(-c4ccc(C(C)(C)C)cc4)c3C)[nH]c2c1. The van der Waals surface area contributed by atoms with Gasteiger partial charge in [-0.2, -0.15) is 5.26 Å². The van der Waals surface area contributed by atoms with Gasteiger partial charge in [-0.1, -0.05) is 32.9 Å². The van der Waals surface area contributed by atoms with Crippen molar-refractivity contribution in [3.05, 3.63) is 76.9 Å². The van der Waals surface area contributed by atoms with Crippen LogP contribution in [0.1, 0.15) is 49.1 Å². The third-order valence-corrected chi connectivity index (χ3v) is 5.83. The minimum Gasteiger partial charge on any atom is -0.497 e. The zero-order valence-corrected chi connectivity index (χ0v) is 19.4. The standard InChI is InChI=1S/C27H28N4O/c1-17-13-19(18(2)31(17)22-9-7-21(8-10-22)27(3,4)5)14-20(16-28)26-29-24-12-11-23(32-6)15-25(24)30-26/h7-15H,1-6H3,(H,29,30)/b20-14-. The molecule has 0 spiro atoms. The van der Waals surface area contributed by atoms with Crippen LogP contribution < -0.4 is 4.74 Å². The zero-order chi connectivity index (χ0) is 23.0. The Balaban J connectivity index is 1.73. The molecule has 0 bridgehead atoms. The van der Waals surface area contributed by atoms with Crippen molar-refractivity contribution in [2.24, 2.45) is 0 Å². The van der Waals surface area contributed by atoms with Gasteiger partial charge < -0.3 is 14.3 Å². The van der Waals surface area contributed by atoms with Crippen LogP contribution in [0.25, 0.3) is 28.4 Å². The van der Waals surface area contributed by atoms with Gasteiger partial charge in [-0.15, -0.1) is 0 Å². The maximum atomic E-state index is 9.85. The molecule has 2 aromatic heterocycles. The number of rotatable bonds is 4. The first-order chi connectivity index (χ1) is 15.2. The molecule has 2 heterocycles. The van der Waals surface area contributed by atoms with Crippen molar-refractivity contribution in [1.82, 2.24) is 14.5 Å². The van der Waals surface area contributed by atoms with Crippen LogP contribution >= 0.6 is 0 Å². The van der Waals surface area contributed by atoms with E-state index in [1.807, 2.05) is 24.3 Å². The second-order valence-electron chi connectivity index (χ2n) is 9.10. The van der Waals surface area contributed by atoms with E-state index in [-0.39, 0.29) is 5.41 Å². The van der Waals surface area contributed by atoms with Gasteiger partial charge in [-0.25, -0.2) is 4.98 Å². The third kappa shape index (κ3) is 3.92. The van der Waals surface area contributed by atoms with Crippen molar-refractivity contribution in [2.75, 3.05) is 7.11 Å². The summed E-state index contributed by atoms with van der Waals surface area (Å²) in [5, 5.41) is 9.85. The summed E-state index contributed by atoms with van der Waals surface area (Å²) in [5.41, 5.74) is 7.85. The molecular weight excluding hydrogens is 396 g/mol. The monoisotopic (exact) mass is 424 g/mol. The van der Waals surface area contributed by atoms with Crippen molar-refractivity contribution < 1.29 is 4.74 Å².